The summed E-state index contributed by atoms with van der Waals surface area (Å²) >= 11 is 7.29. The maximum atomic E-state index is 12.3. The highest BCUT2D eigenvalue weighted by molar-refractivity contribution is 8.00. The first-order valence-corrected chi connectivity index (χ1v) is 9.88. The number of hydrogen-bond acceptors (Lipinski definition) is 4. The highest BCUT2D eigenvalue weighted by atomic mass is 35.5. The zero-order valence-electron chi connectivity index (χ0n) is 15.1. The molecule has 0 aliphatic heterocycles. The summed E-state index contributed by atoms with van der Waals surface area (Å²) in [6, 6.07) is 21.2. The van der Waals surface area contributed by atoms with E-state index in [1.54, 1.807) is 55.6 Å². The van der Waals surface area contributed by atoms with E-state index in [1.165, 1.54) is 11.8 Å². The zero-order valence-corrected chi connectivity index (χ0v) is 16.7. The first kappa shape index (κ1) is 20.0. The predicted octanol–water partition coefficient (Wildman–Crippen LogP) is 5.58. The molecule has 0 aliphatic carbocycles. The summed E-state index contributed by atoms with van der Waals surface area (Å²) in [6.45, 7) is 0. The minimum atomic E-state index is -0.194. The number of carbonyl (C=O) groups is 2. The third kappa shape index (κ3) is 5.38. The van der Waals surface area contributed by atoms with E-state index in [0.717, 1.165) is 4.90 Å². The van der Waals surface area contributed by atoms with E-state index in [-0.39, 0.29) is 11.7 Å². The molecule has 142 valence electrons. The monoisotopic (exact) mass is 411 g/mol. The second kappa shape index (κ2) is 9.44. The number of ketones is 1. The maximum Gasteiger partial charge on any atom is 0.255 e. The van der Waals surface area contributed by atoms with Crippen molar-refractivity contribution in [1.29, 1.82) is 0 Å². The smallest absolute Gasteiger partial charge is 0.255 e. The van der Waals surface area contributed by atoms with E-state index in [2.05, 4.69) is 5.32 Å². The lowest BCUT2D eigenvalue weighted by Gasteiger charge is -2.07. The molecule has 4 nitrogen and oxygen atoms in total. The molecule has 0 unspecified atom stereocenters. The average molecular weight is 412 g/mol. The van der Waals surface area contributed by atoms with Crippen LogP contribution in [0.25, 0.3) is 0 Å². The second-order valence-electron chi connectivity index (χ2n) is 5.93. The van der Waals surface area contributed by atoms with E-state index in [0.29, 0.717) is 33.3 Å². The molecular weight excluding hydrogens is 394 g/mol. The summed E-state index contributed by atoms with van der Waals surface area (Å²) in [6.07, 6.45) is 0. The highest BCUT2D eigenvalue weighted by Gasteiger charge is 2.08. The third-order valence-electron chi connectivity index (χ3n) is 4.00. The van der Waals surface area contributed by atoms with Gasteiger partial charge in [-0.05, 0) is 72.8 Å². The number of anilines is 1. The molecule has 6 heteroatoms. The van der Waals surface area contributed by atoms with Crippen molar-refractivity contribution >= 4 is 40.7 Å². The zero-order chi connectivity index (χ0) is 19.9. The van der Waals surface area contributed by atoms with Crippen molar-refractivity contribution in [3.63, 3.8) is 0 Å². The lowest BCUT2D eigenvalue weighted by atomic mass is 10.1. The number of nitrogens with one attached hydrogen (secondary N) is 1. The molecule has 1 amide bonds. The first-order chi connectivity index (χ1) is 13.5. The van der Waals surface area contributed by atoms with Gasteiger partial charge in [-0.25, -0.2) is 0 Å². The molecule has 0 radical (unpaired) electrons. The Morgan fingerprint density at radius 2 is 1.50 bits per heavy atom. The van der Waals surface area contributed by atoms with Crippen LogP contribution in [0.15, 0.2) is 77.7 Å². The predicted molar refractivity (Wildman–Crippen MR) is 114 cm³/mol. The van der Waals surface area contributed by atoms with Crippen LogP contribution < -0.4 is 10.1 Å². The number of carbonyl (C=O) groups excluding carboxylic acids is 2. The molecular formula is C22H18ClNO3S. The van der Waals surface area contributed by atoms with Gasteiger partial charge in [-0.2, -0.15) is 0 Å². The Labute approximate surface area is 172 Å². The normalized spacial score (nSPS) is 10.4. The van der Waals surface area contributed by atoms with Crippen molar-refractivity contribution in [2.45, 2.75) is 4.90 Å². The average Bonchev–Trinajstić information content (AvgIpc) is 2.73. The Balaban J connectivity index is 1.54. The number of amides is 1. The number of benzene rings is 3. The fourth-order valence-corrected chi connectivity index (χ4v) is 3.37. The van der Waals surface area contributed by atoms with Gasteiger partial charge in [0.25, 0.3) is 5.91 Å². The molecule has 0 bridgehead atoms. The number of thioether (sulfide) groups is 1. The molecule has 3 rings (SSSR count). The molecule has 0 aliphatic rings. The molecule has 0 saturated carbocycles. The largest absolute Gasteiger partial charge is 0.497 e. The SMILES string of the molecule is COc1ccc(C(=O)Nc2ccc(SCC(=O)c3ccc(Cl)cc3)cc2)cc1. The molecule has 0 atom stereocenters. The lowest BCUT2D eigenvalue weighted by Crippen LogP contribution is -2.11. The van der Waals surface area contributed by atoms with Crippen molar-refractivity contribution in [1.82, 2.24) is 0 Å². The van der Waals surface area contributed by atoms with E-state index in [4.69, 9.17) is 16.3 Å². The number of halogens is 1. The number of methoxy groups -OCH3 is 1. The number of Topliss-reactive ketones (excluding diaryl/α,β-unsaturated/α-hetero) is 1. The van der Waals surface area contributed by atoms with Crippen molar-refractivity contribution < 1.29 is 14.3 Å². The van der Waals surface area contributed by atoms with E-state index in [9.17, 15) is 9.59 Å². The Bertz CT molecular complexity index is 955. The summed E-state index contributed by atoms with van der Waals surface area (Å²) < 4.78 is 5.09. The topological polar surface area (TPSA) is 55.4 Å². The van der Waals surface area contributed by atoms with Crippen LogP contribution in [0.1, 0.15) is 20.7 Å². The number of ether oxygens (including phenoxy) is 1. The molecule has 28 heavy (non-hydrogen) atoms. The Kier molecular flexibility index (Phi) is 6.74. The minimum absolute atomic E-state index is 0.0403. The maximum absolute atomic E-state index is 12.3. The fourth-order valence-electron chi connectivity index (χ4n) is 2.45. The van der Waals surface area contributed by atoms with Crippen molar-refractivity contribution in [2.75, 3.05) is 18.2 Å². The van der Waals surface area contributed by atoms with Crippen LogP contribution in [0.3, 0.4) is 0 Å². The minimum Gasteiger partial charge on any atom is -0.497 e. The van der Waals surface area contributed by atoms with Gasteiger partial charge in [-0.3, -0.25) is 9.59 Å². The summed E-state index contributed by atoms with van der Waals surface area (Å²) in [7, 11) is 1.58. The third-order valence-corrected chi connectivity index (χ3v) is 5.26. The number of hydrogen-bond donors (Lipinski definition) is 1. The summed E-state index contributed by atoms with van der Waals surface area (Å²) in [5.74, 6) is 0.879. The molecule has 3 aromatic rings. The van der Waals surface area contributed by atoms with Gasteiger partial charge >= 0.3 is 0 Å². The lowest BCUT2D eigenvalue weighted by molar-refractivity contribution is 0.101. The molecule has 0 spiro atoms. The van der Waals surface area contributed by atoms with Gasteiger partial charge in [-0.15, -0.1) is 11.8 Å². The molecule has 0 fully saturated rings. The Morgan fingerprint density at radius 3 is 2.11 bits per heavy atom. The van der Waals surface area contributed by atoms with Gasteiger partial charge in [-0.1, -0.05) is 11.6 Å². The molecule has 3 aromatic carbocycles. The standard InChI is InChI=1S/C22H18ClNO3S/c1-27-19-10-4-16(5-11-19)22(26)24-18-8-12-20(13-9-18)28-14-21(25)15-2-6-17(23)7-3-15/h2-13H,14H2,1H3,(H,24,26). The van der Waals surface area contributed by atoms with Gasteiger partial charge in [0.05, 0.1) is 12.9 Å². The molecule has 0 saturated heterocycles. The summed E-state index contributed by atoms with van der Waals surface area (Å²) in [5, 5.41) is 3.46. The van der Waals surface area contributed by atoms with Crippen LogP contribution in [0.2, 0.25) is 5.02 Å². The van der Waals surface area contributed by atoms with Crippen LogP contribution in [0.4, 0.5) is 5.69 Å². The van der Waals surface area contributed by atoms with Crippen LogP contribution in [0.5, 0.6) is 5.75 Å². The van der Waals surface area contributed by atoms with Crippen LogP contribution >= 0.6 is 23.4 Å². The molecule has 0 heterocycles. The summed E-state index contributed by atoms with van der Waals surface area (Å²) in [5.41, 5.74) is 1.88. The van der Waals surface area contributed by atoms with E-state index >= 15 is 0 Å². The van der Waals surface area contributed by atoms with Gasteiger partial charge in [0, 0.05) is 26.7 Å². The quantitative estimate of drug-likeness (QED) is 0.407. The summed E-state index contributed by atoms with van der Waals surface area (Å²) in [4.78, 5) is 25.4. The van der Waals surface area contributed by atoms with Gasteiger partial charge in [0.2, 0.25) is 0 Å². The van der Waals surface area contributed by atoms with Gasteiger partial charge in [0.15, 0.2) is 5.78 Å². The fraction of sp³-hybridized carbons (Fsp3) is 0.0909. The number of rotatable bonds is 7. The Morgan fingerprint density at radius 1 is 0.893 bits per heavy atom. The van der Waals surface area contributed by atoms with Crippen LogP contribution in [-0.2, 0) is 0 Å². The van der Waals surface area contributed by atoms with E-state index in [1.807, 2.05) is 24.3 Å². The Hall–Kier alpha value is -2.76. The van der Waals surface area contributed by atoms with Crippen molar-refractivity contribution in [2.24, 2.45) is 0 Å². The van der Waals surface area contributed by atoms with Crippen LogP contribution in [0, 0.1) is 0 Å². The molecule has 0 aromatic heterocycles. The second-order valence-corrected chi connectivity index (χ2v) is 7.41. The van der Waals surface area contributed by atoms with Crippen molar-refractivity contribution in [3.8, 4) is 5.75 Å². The first-order valence-electron chi connectivity index (χ1n) is 8.52. The van der Waals surface area contributed by atoms with Gasteiger partial charge in [0.1, 0.15) is 5.75 Å². The molecule has 1 N–H and O–H groups in total. The van der Waals surface area contributed by atoms with Crippen molar-refractivity contribution in [3.05, 3.63) is 88.9 Å². The highest BCUT2D eigenvalue weighted by Crippen LogP contribution is 2.22. The van der Waals surface area contributed by atoms with E-state index < -0.39 is 0 Å². The van der Waals surface area contributed by atoms with Crippen LogP contribution in [-0.4, -0.2) is 24.6 Å². The van der Waals surface area contributed by atoms with Gasteiger partial charge < -0.3 is 10.1 Å².